The summed E-state index contributed by atoms with van der Waals surface area (Å²) >= 11 is 0. The molecule has 4 N–H and O–H groups in total. The van der Waals surface area contributed by atoms with Crippen molar-refractivity contribution in [1.82, 2.24) is 21.5 Å². The average Bonchev–Trinajstić information content (AvgIpc) is 2.45. The molecule has 0 aliphatic rings. The van der Waals surface area contributed by atoms with Gasteiger partial charge in [-0.05, 0) is 13.8 Å². The lowest BCUT2D eigenvalue weighted by atomic mass is 10.4. The number of hydrogen-bond acceptors (Lipinski definition) is 6. The maximum Gasteiger partial charge on any atom is 0.331 e. The van der Waals surface area contributed by atoms with Gasteiger partial charge in [0.25, 0.3) is 0 Å². The number of hydrazone groups is 2. The normalized spacial score (nSPS) is 11.5. The summed E-state index contributed by atoms with van der Waals surface area (Å²) in [4.78, 5) is 44.2. The molecule has 122 valence electrons. The van der Waals surface area contributed by atoms with Crippen molar-refractivity contribution >= 4 is 35.1 Å². The Morgan fingerprint density at radius 2 is 1.00 bits per heavy atom. The summed E-state index contributed by atoms with van der Waals surface area (Å²) in [5.74, 6) is -2.47. The minimum Gasteiger partial charge on any atom is -0.351 e. The van der Waals surface area contributed by atoms with Gasteiger partial charge in [-0.3, -0.25) is 19.2 Å². The van der Waals surface area contributed by atoms with Gasteiger partial charge in [0.1, 0.15) is 0 Å². The number of nitrogens with zero attached hydrogens (tertiary/aromatic N) is 2. The summed E-state index contributed by atoms with van der Waals surface area (Å²) < 4.78 is 0. The van der Waals surface area contributed by atoms with Crippen LogP contribution in [0.1, 0.15) is 27.7 Å². The van der Waals surface area contributed by atoms with E-state index >= 15 is 0 Å². The molecule has 0 rings (SSSR count). The molecule has 0 aliphatic heterocycles. The van der Waals surface area contributed by atoms with Crippen LogP contribution in [0.2, 0.25) is 0 Å². The second kappa shape index (κ2) is 10.0. The van der Waals surface area contributed by atoms with E-state index in [-0.39, 0.29) is 24.9 Å². The molecular formula is C12H20N6O4. The van der Waals surface area contributed by atoms with Gasteiger partial charge in [0.15, 0.2) is 0 Å². The van der Waals surface area contributed by atoms with Crippen molar-refractivity contribution < 1.29 is 19.2 Å². The van der Waals surface area contributed by atoms with E-state index in [1.165, 1.54) is 13.8 Å². The second-order valence-electron chi connectivity index (χ2n) is 4.40. The van der Waals surface area contributed by atoms with E-state index in [4.69, 9.17) is 0 Å². The van der Waals surface area contributed by atoms with Crippen molar-refractivity contribution in [2.45, 2.75) is 27.7 Å². The average molecular weight is 312 g/mol. The zero-order chi connectivity index (χ0) is 17.1. The molecule has 0 saturated carbocycles. The molecule has 0 heterocycles. The molecule has 0 atom stereocenters. The fraction of sp³-hybridized carbons (Fsp3) is 0.500. The van der Waals surface area contributed by atoms with Crippen LogP contribution in [-0.4, -0.2) is 48.1 Å². The summed E-state index contributed by atoms with van der Waals surface area (Å²) in [5.41, 5.74) is 4.89. The molecule has 0 unspecified atom stereocenters. The van der Waals surface area contributed by atoms with Gasteiger partial charge in [0.2, 0.25) is 11.8 Å². The van der Waals surface area contributed by atoms with Crippen molar-refractivity contribution in [3.8, 4) is 0 Å². The summed E-state index contributed by atoms with van der Waals surface area (Å²) in [7, 11) is 0. The molecule has 0 saturated heterocycles. The Kier molecular flexibility index (Phi) is 8.75. The van der Waals surface area contributed by atoms with E-state index in [1.54, 1.807) is 13.8 Å². The Morgan fingerprint density at radius 3 is 1.27 bits per heavy atom. The van der Waals surface area contributed by atoms with Crippen LogP contribution in [0.15, 0.2) is 10.2 Å². The molecule has 0 radical (unpaired) electrons. The van der Waals surface area contributed by atoms with E-state index in [2.05, 4.69) is 20.8 Å². The standard InChI is InChI=1S/C12H20N6O4/c1-7(5-13-9(3)19)15-17-11(21)12(22)18-16-8(2)6-14-10(4)20/h5-6H2,1-4H3,(H,13,19)(H,14,20)(H,17,21)(H,18,22)/b15-7+,16-8+. The SMILES string of the molecule is CC(=O)NC/C(C)=N/NC(=O)C(=O)N/N=C(\C)CNC(C)=O. The highest BCUT2D eigenvalue weighted by molar-refractivity contribution is 6.35. The van der Waals surface area contributed by atoms with Gasteiger partial charge >= 0.3 is 11.8 Å². The van der Waals surface area contributed by atoms with Crippen LogP contribution >= 0.6 is 0 Å². The molecule has 0 fully saturated rings. The highest BCUT2D eigenvalue weighted by Crippen LogP contribution is 1.78. The van der Waals surface area contributed by atoms with Gasteiger partial charge in [-0.2, -0.15) is 10.2 Å². The van der Waals surface area contributed by atoms with E-state index in [0.717, 1.165) is 0 Å². The third-order valence-electron chi connectivity index (χ3n) is 2.09. The molecule has 10 nitrogen and oxygen atoms in total. The van der Waals surface area contributed by atoms with Crippen LogP contribution in [-0.2, 0) is 19.2 Å². The third-order valence-corrected chi connectivity index (χ3v) is 2.09. The number of hydrogen-bond donors (Lipinski definition) is 4. The van der Waals surface area contributed by atoms with Gasteiger partial charge in [-0.1, -0.05) is 0 Å². The summed E-state index contributed by atoms with van der Waals surface area (Å²) in [6, 6.07) is 0. The fourth-order valence-electron chi connectivity index (χ4n) is 0.978. The van der Waals surface area contributed by atoms with Crippen LogP contribution in [0, 0.1) is 0 Å². The predicted molar refractivity (Wildman–Crippen MR) is 79.9 cm³/mol. The van der Waals surface area contributed by atoms with Gasteiger partial charge in [-0.15, -0.1) is 0 Å². The molecule has 0 aromatic heterocycles. The Morgan fingerprint density at radius 1 is 0.682 bits per heavy atom. The van der Waals surface area contributed by atoms with E-state index in [1.807, 2.05) is 10.9 Å². The highest BCUT2D eigenvalue weighted by Gasteiger charge is 2.12. The highest BCUT2D eigenvalue weighted by atomic mass is 16.2. The number of carbonyl (C=O) groups excluding carboxylic acids is 4. The zero-order valence-electron chi connectivity index (χ0n) is 12.9. The Labute approximate surface area is 127 Å². The van der Waals surface area contributed by atoms with Crippen molar-refractivity contribution in [3.63, 3.8) is 0 Å². The summed E-state index contributed by atoms with van der Waals surface area (Å²) in [6.07, 6.45) is 0. The molecular weight excluding hydrogens is 292 g/mol. The smallest absolute Gasteiger partial charge is 0.331 e. The van der Waals surface area contributed by atoms with E-state index in [9.17, 15) is 19.2 Å². The van der Waals surface area contributed by atoms with Crippen LogP contribution in [0.4, 0.5) is 0 Å². The minimum atomic E-state index is -1.00. The number of carbonyl (C=O) groups is 4. The van der Waals surface area contributed by atoms with Crippen molar-refractivity contribution in [1.29, 1.82) is 0 Å². The summed E-state index contributed by atoms with van der Waals surface area (Å²) in [5, 5.41) is 12.2. The maximum absolute atomic E-state index is 11.4. The molecule has 0 aromatic carbocycles. The Bertz CT molecular complexity index is 466. The number of amides is 4. The van der Waals surface area contributed by atoms with Crippen molar-refractivity contribution in [2.24, 2.45) is 10.2 Å². The van der Waals surface area contributed by atoms with Crippen molar-refractivity contribution in [2.75, 3.05) is 13.1 Å². The topological polar surface area (TPSA) is 141 Å². The monoisotopic (exact) mass is 312 g/mol. The van der Waals surface area contributed by atoms with Gasteiger partial charge < -0.3 is 10.6 Å². The van der Waals surface area contributed by atoms with Crippen molar-refractivity contribution in [3.05, 3.63) is 0 Å². The fourth-order valence-corrected chi connectivity index (χ4v) is 0.978. The zero-order valence-corrected chi connectivity index (χ0v) is 12.9. The first kappa shape index (κ1) is 19.2. The van der Waals surface area contributed by atoms with Crippen LogP contribution in [0.25, 0.3) is 0 Å². The van der Waals surface area contributed by atoms with Gasteiger partial charge in [0.05, 0.1) is 24.5 Å². The Balaban J connectivity index is 4.24. The second-order valence-corrected chi connectivity index (χ2v) is 4.40. The van der Waals surface area contributed by atoms with E-state index in [0.29, 0.717) is 11.4 Å². The molecule has 0 bridgehead atoms. The van der Waals surface area contributed by atoms with Gasteiger partial charge in [0, 0.05) is 13.8 Å². The van der Waals surface area contributed by atoms with Crippen LogP contribution in [0.3, 0.4) is 0 Å². The molecule has 10 heteroatoms. The molecule has 0 spiro atoms. The molecule has 0 aliphatic carbocycles. The lowest BCUT2D eigenvalue weighted by Gasteiger charge is -2.04. The molecule has 22 heavy (non-hydrogen) atoms. The number of rotatable bonds is 6. The largest absolute Gasteiger partial charge is 0.351 e. The maximum atomic E-state index is 11.4. The summed E-state index contributed by atoms with van der Waals surface area (Å²) in [6.45, 7) is 6.16. The first-order chi connectivity index (χ1) is 10.2. The first-order valence-corrected chi connectivity index (χ1v) is 6.38. The quantitative estimate of drug-likeness (QED) is 0.262. The first-order valence-electron chi connectivity index (χ1n) is 6.38. The lowest BCUT2D eigenvalue weighted by Crippen LogP contribution is -2.37. The predicted octanol–water partition coefficient (Wildman–Crippen LogP) is -1.76. The van der Waals surface area contributed by atoms with Gasteiger partial charge in [-0.25, -0.2) is 10.9 Å². The third kappa shape index (κ3) is 10.1. The number of nitrogens with one attached hydrogen (secondary N) is 4. The van der Waals surface area contributed by atoms with Crippen LogP contribution in [0.5, 0.6) is 0 Å². The Hall–Kier alpha value is -2.78. The minimum absolute atomic E-state index is 0.158. The van der Waals surface area contributed by atoms with E-state index < -0.39 is 11.8 Å². The lowest BCUT2D eigenvalue weighted by molar-refractivity contribution is -0.139. The molecule has 4 amide bonds. The molecule has 0 aromatic rings. The van der Waals surface area contributed by atoms with Crippen LogP contribution < -0.4 is 21.5 Å².